The quantitative estimate of drug-likeness (QED) is 0.319. The number of carbonyl (C=O) groups excluding carboxylic acids is 2. The molecule has 2 aromatic heterocycles. The molecule has 0 aliphatic heterocycles. The van der Waals surface area contributed by atoms with Crippen LogP contribution in [0.1, 0.15) is 30.5 Å². The number of nitrogens with zero attached hydrogens (tertiary/aromatic N) is 2. The first kappa shape index (κ1) is 19.7. The second kappa shape index (κ2) is 8.42. The summed E-state index contributed by atoms with van der Waals surface area (Å²) in [5.41, 5.74) is 3.01. The van der Waals surface area contributed by atoms with E-state index in [4.69, 9.17) is 9.15 Å². The van der Waals surface area contributed by atoms with Crippen LogP contribution in [0, 0.1) is 13.8 Å². The SMILES string of the molecule is Cc1ccc(-c2nnc(-c3ccc(C(=O)OCC(=O)c4ccc(C)s4)cc3)o2)cc1. The van der Waals surface area contributed by atoms with Gasteiger partial charge >= 0.3 is 5.97 Å². The fraction of sp³-hybridized carbons (Fsp3) is 0.130. The van der Waals surface area contributed by atoms with Crippen molar-refractivity contribution in [2.45, 2.75) is 13.8 Å². The maximum atomic E-state index is 12.2. The van der Waals surface area contributed by atoms with Crippen LogP contribution in [0.25, 0.3) is 22.9 Å². The topological polar surface area (TPSA) is 82.3 Å². The van der Waals surface area contributed by atoms with E-state index in [1.165, 1.54) is 11.3 Å². The Labute approximate surface area is 177 Å². The van der Waals surface area contributed by atoms with Gasteiger partial charge in [-0.3, -0.25) is 4.79 Å². The van der Waals surface area contributed by atoms with Crippen LogP contribution in [-0.2, 0) is 4.74 Å². The lowest BCUT2D eigenvalue weighted by molar-refractivity contribution is 0.0476. The molecular formula is C23H18N2O4S. The van der Waals surface area contributed by atoms with Crippen molar-refractivity contribution >= 4 is 23.1 Å². The van der Waals surface area contributed by atoms with Gasteiger partial charge in [0.25, 0.3) is 0 Å². The van der Waals surface area contributed by atoms with E-state index < -0.39 is 5.97 Å². The molecule has 0 aliphatic carbocycles. The van der Waals surface area contributed by atoms with Crippen LogP contribution >= 0.6 is 11.3 Å². The Kier molecular flexibility index (Phi) is 5.54. The van der Waals surface area contributed by atoms with Gasteiger partial charge in [-0.1, -0.05) is 17.7 Å². The fourth-order valence-corrected chi connectivity index (χ4v) is 3.56. The summed E-state index contributed by atoms with van der Waals surface area (Å²) < 4.78 is 10.9. The molecule has 0 bridgehead atoms. The number of ether oxygens (including phenoxy) is 1. The molecule has 2 aromatic carbocycles. The van der Waals surface area contributed by atoms with E-state index in [0.717, 1.165) is 16.0 Å². The van der Waals surface area contributed by atoms with E-state index >= 15 is 0 Å². The first-order valence-electron chi connectivity index (χ1n) is 9.27. The maximum absolute atomic E-state index is 12.2. The monoisotopic (exact) mass is 418 g/mol. The smallest absolute Gasteiger partial charge is 0.338 e. The minimum atomic E-state index is -0.561. The molecule has 0 saturated carbocycles. The molecule has 0 aliphatic rings. The van der Waals surface area contributed by atoms with Crippen molar-refractivity contribution in [1.29, 1.82) is 0 Å². The number of Topliss-reactive ketones (excluding diaryl/α,β-unsaturated/α-hetero) is 1. The lowest BCUT2D eigenvalue weighted by Gasteiger charge is -2.04. The lowest BCUT2D eigenvalue weighted by atomic mass is 10.1. The largest absolute Gasteiger partial charge is 0.454 e. The Morgan fingerprint density at radius 1 is 0.867 bits per heavy atom. The molecule has 4 rings (SSSR count). The number of rotatable bonds is 6. The summed E-state index contributed by atoms with van der Waals surface area (Å²) in [6.07, 6.45) is 0. The van der Waals surface area contributed by atoms with Gasteiger partial charge in [-0.15, -0.1) is 21.5 Å². The first-order chi connectivity index (χ1) is 14.5. The highest BCUT2D eigenvalue weighted by atomic mass is 32.1. The third kappa shape index (κ3) is 4.36. The van der Waals surface area contributed by atoms with Crippen LogP contribution in [0.4, 0.5) is 0 Å². The summed E-state index contributed by atoms with van der Waals surface area (Å²) in [5.74, 6) is 0.00571. The van der Waals surface area contributed by atoms with Crippen LogP contribution in [0.2, 0.25) is 0 Å². The van der Waals surface area contributed by atoms with Crippen molar-refractivity contribution in [3.8, 4) is 22.9 Å². The molecule has 7 heteroatoms. The maximum Gasteiger partial charge on any atom is 0.338 e. The molecule has 0 atom stereocenters. The number of aryl methyl sites for hydroxylation is 2. The summed E-state index contributed by atoms with van der Waals surface area (Å²) >= 11 is 1.38. The van der Waals surface area contributed by atoms with Crippen LogP contribution in [0.15, 0.2) is 65.1 Å². The van der Waals surface area contributed by atoms with E-state index in [1.54, 1.807) is 30.3 Å². The van der Waals surface area contributed by atoms with Gasteiger partial charge in [0, 0.05) is 16.0 Å². The molecule has 150 valence electrons. The van der Waals surface area contributed by atoms with Crippen LogP contribution in [-0.4, -0.2) is 28.6 Å². The number of hydrogen-bond donors (Lipinski definition) is 0. The summed E-state index contributed by atoms with van der Waals surface area (Å²) in [5, 5.41) is 8.16. The first-order valence-corrected chi connectivity index (χ1v) is 10.1. The lowest BCUT2D eigenvalue weighted by Crippen LogP contribution is -2.13. The van der Waals surface area contributed by atoms with Crippen molar-refractivity contribution < 1.29 is 18.7 Å². The number of ketones is 1. The van der Waals surface area contributed by atoms with Crippen LogP contribution in [0.3, 0.4) is 0 Å². The van der Waals surface area contributed by atoms with Gasteiger partial charge in [-0.25, -0.2) is 4.79 Å². The highest BCUT2D eigenvalue weighted by molar-refractivity contribution is 7.14. The van der Waals surface area contributed by atoms with E-state index in [9.17, 15) is 9.59 Å². The Hall–Kier alpha value is -3.58. The average molecular weight is 418 g/mol. The summed E-state index contributed by atoms with van der Waals surface area (Å²) in [6.45, 7) is 3.64. The molecule has 4 aromatic rings. The number of carbonyl (C=O) groups is 2. The van der Waals surface area contributed by atoms with Crippen molar-refractivity contribution in [2.75, 3.05) is 6.61 Å². The Bertz CT molecular complexity index is 1190. The summed E-state index contributed by atoms with van der Waals surface area (Å²) in [7, 11) is 0. The molecule has 0 radical (unpaired) electrons. The number of esters is 1. The number of hydrogen-bond acceptors (Lipinski definition) is 7. The number of aromatic nitrogens is 2. The van der Waals surface area contributed by atoms with Crippen LogP contribution in [0.5, 0.6) is 0 Å². The highest BCUT2D eigenvalue weighted by Gasteiger charge is 2.15. The van der Waals surface area contributed by atoms with Crippen molar-refractivity contribution in [3.05, 3.63) is 81.5 Å². The van der Waals surface area contributed by atoms with Crippen LogP contribution < -0.4 is 0 Å². The zero-order chi connectivity index (χ0) is 21.1. The normalized spacial score (nSPS) is 10.7. The molecule has 0 unspecified atom stereocenters. The van der Waals surface area contributed by atoms with Crippen molar-refractivity contribution in [2.24, 2.45) is 0 Å². The third-order valence-corrected chi connectivity index (χ3v) is 5.48. The summed E-state index contributed by atoms with van der Waals surface area (Å²) in [6, 6.07) is 18.0. The minimum Gasteiger partial charge on any atom is -0.454 e. The van der Waals surface area contributed by atoms with Gasteiger partial charge in [0.05, 0.1) is 10.4 Å². The fourth-order valence-electron chi connectivity index (χ4n) is 2.77. The predicted molar refractivity (Wildman–Crippen MR) is 114 cm³/mol. The van der Waals surface area contributed by atoms with E-state index in [0.29, 0.717) is 27.8 Å². The molecule has 30 heavy (non-hydrogen) atoms. The molecule has 0 fully saturated rings. The van der Waals surface area contributed by atoms with Gasteiger partial charge in [0.1, 0.15) is 0 Å². The zero-order valence-electron chi connectivity index (χ0n) is 16.4. The van der Waals surface area contributed by atoms with Gasteiger partial charge < -0.3 is 9.15 Å². The van der Waals surface area contributed by atoms with Crippen molar-refractivity contribution in [3.63, 3.8) is 0 Å². The highest BCUT2D eigenvalue weighted by Crippen LogP contribution is 2.24. The molecule has 0 spiro atoms. The molecular weight excluding hydrogens is 400 g/mol. The Balaban J connectivity index is 1.41. The van der Waals surface area contributed by atoms with E-state index in [-0.39, 0.29) is 12.4 Å². The van der Waals surface area contributed by atoms with Gasteiger partial charge in [0.2, 0.25) is 17.6 Å². The summed E-state index contributed by atoms with van der Waals surface area (Å²) in [4.78, 5) is 25.9. The van der Waals surface area contributed by atoms with E-state index in [2.05, 4.69) is 10.2 Å². The Morgan fingerprint density at radius 2 is 1.47 bits per heavy atom. The molecule has 0 amide bonds. The second-order valence-electron chi connectivity index (χ2n) is 6.77. The third-order valence-electron chi connectivity index (χ3n) is 4.44. The molecule has 6 nitrogen and oxygen atoms in total. The Morgan fingerprint density at radius 3 is 2.03 bits per heavy atom. The number of thiophene rings is 1. The van der Waals surface area contributed by atoms with Crippen molar-refractivity contribution in [1.82, 2.24) is 10.2 Å². The van der Waals surface area contributed by atoms with Gasteiger partial charge in [-0.2, -0.15) is 0 Å². The standard InChI is InChI=1S/C23H18N2O4S/c1-14-3-6-16(7-4-14)21-24-25-22(29-21)17-8-10-18(11-9-17)23(27)28-13-19(26)20-12-5-15(2)30-20/h3-12H,13H2,1-2H3. The zero-order valence-corrected chi connectivity index (χ0v) is 17.2. The van der Waals surface area contributed by atoms with Gasteiger partial charge in [-0.05, 0) is 62.4 Å². The average Bonchev–Trinajstić information content (AvgIpc) is 3.42. The predicted octanol–water partition coefficient (Wildman–Crippen LogP) is 5.12. The molecule has 0 saturated heterocycles. The van der Waals surface area contributed by atoms with E-state index in [1.807, 2.05) is 44.2 Å². The minimum absolute atomic E-state index is 0.215. The molecule has 2 heterocycles. The number of benzene rings is 2. The van der Waals surface area contributed by atoms with Gasteiger partial charge in [0.15, 0.2) is 6.61 Å². The second-order valence-corrected chi connectivity index (χ2v) is 8.05. The molecule has 0 N–H and O–H groups in total.